The van der Waals surface area contributed by atoms with Crippen LogP contribution in [0.25, 0.3) is 0 Å². The third kappa shape index (κ3) is 9.97. The highest BCUT2D eigenvalue weighted by molar-refractivity contribution is 7.98. The van der Waals surface area contributed by atoms with Gasteiger partial charge in [-0.1, -0.05) is 12.5 Å². The van der Waals surface area contributed by atoms with Crippen LogP contribution in [0.1, 0.15) is 32.6 Å². The van der Waals surface area contributed by atoms with Crippen LogP contribution in [-0.4, -0.2) is 24.6 Å². The zero-order chi connectivity index (χ0) is 9.94. The third-order valence-electron chi connectivity index (χ3n) is 1.99. The Hall–Kier alpha value is 0.0500. The second-order valence-electron chi connectivity index (χ2n) is 3.45. The molecule has 78 valence electrons. The maximum Gasteiger partial charge on any atom is 0.0129 e. The van der Waals surface area contributed by atoms with Crippen molar-refractivity contribution in [1.82, 2.24) is 5.32 Å². The van der Waals surface area contributed by atoms with Gasteiger partial charge in [0.05, 0.1) is 0 Å². The van der Waals surface area contributed by atoms with Crippen LogP contribution in [0.15, 0.2) is 12.7 Å². The quantitative estimate of drug-likeness (QED) is 0.454. The van der Waals surface area contributed by atoms with Crippen molar-refractivity contribution in [3.8, 4) is 0 Å². The van der Waals surface area contributed by atoms with Gasteiger partial charge in [-0.15, -0.1) is 6.58 Å². The predicted octanol–water partition coefficient (Wildman–Crippen LogP) is 3.07. The number of hydrogen-bond acceptors (Lipinski definition) is 2. The molecule has 0 spiro atoms. The van der Waals surface area contributed by atoms with Crippen molar-refractivity contribution >= 4 is 11.8 Å². The van der Waals surface area contributed by atoms with E-state index in [-0.39, 0.29) is 0 Å². The van der Waals surface area contributed by atoms with Crippen molar-refractivity contribution < 1.29 is 0 Å². The van der Waals surface area contributed by atoms with E-state index in [2.05, 4.69) is 25.1 Å². The summed E-state index contributed by atoms with van der Waals surface area (Å²) in [5.74, 6) is 1.21. The Morgan fingerprint density at radius 2 is 2.15 bits per heavy atom. The number of thioether (sulfide) groups is 1. The molecule has 0 bridgehead atoms. The molecular formula is C11H23NS. The highest BCUT2D eigenvalue weighted by atomic mass is 32.2. The number of nitrogens with one attached hydrogen (secondary N) is 1. The molecule has 0 aliphatic rings. The van der Waals surface area contributed by atoms with E-state index in [0.717, 1.165) is 0 Å². The highest BCUT2D eigenvalue weighted by Gasteiger charge is 1.97. The Bertz CT molecular complexity index is 115. The molecule has 0 amide bonds. The molecule has 1 N–H and O–H groups in total. The standard InChI is InChI=1S/C11H23NS/c1-4-5-6-7-8-9-12-11(2)10-13-3/h4,11-12H,1,5-10H2,2-3H3. The molecule has 0 rings (SSSR count). The zero-order valence-corrected chi connectivity index (χ0v) is 9.83. The molecule has 0 aromatic carbocycles. The summed E-state index contributed by atoms with van der Waals surface area (Å²) in [7, 11) is 0. The molecule has 0 saturated heterocycles. The van der Waals surface area contributed by atoms with Gasteiger partial charge in [-0.3, -0.25) is 0 Å². The normalized spacial score (nSPS) is 12.8. The summed E-state index contributed by atoms with van der Waals surface area (Å²) < 4.78 is 0. The van der Waals surface area contributed by atoms with Gasteiger partial charge in [-0.25, -0.2) is 0 Å². The molecule has 0 aliphatic heterocycles. The van der Waals surface area contributed by atoms with E-state index < -0.39 is 0 Å². The molecule has 0 fully saturated rings. The lowest BCUT2D eigenvalue weighted by molar-refractivity contribution is 0.554. The van der Waals surface area contributed by atoms with Crippen molar-refractivity contribution in [1.29, 1.82) is 0 Å². The van der Waals surface area contributed by atoms with E-state index in [1.54, 1.807) is 0 Å². The van der Waals surface area contributed by atoms with Crippen LogP contribution in [0.2, 0.25) is 0 Å². The maximum absolute atomic E-state index is 3.71. The average molecular weight is 201 g/mol. The number of allylic oxidation sites excluding steroid dienone is 1. The molecule has 0 aliphatic carbocycles. The van der Waals surface area contributed by atoms with E-state index in [4.69, 9.17) is 0 Å². The van der Waals surface area contributed by atoms with E-state index in [1.807, 2.05) is 17.8 Å². The fraction of sp³-hybridized carbons (Fsp3) is 0.818. The van der Waals surface area contributed by atoms with E-state index in [9.17, 15) is 0 Å². The van der Waals surface area contributed by atoms with Crippen LogP contribution in [-0.2, 0) is 0 Å². The molecule has 1 unspecified atom stereocenters. The molecule has 0 aromatic rings. The van der Waals surface area contributed by atoms with Gasteiger partial charge in [0.25, 0.3) is 0 Å². The fourth-order valence-corrected chi connectivity index (χ4v) is 1.87. The van der Waals surface area contributed by atoms with E-state index in [0.29, 0.717) is 6.04 Å². The SMILES string of the molecule is C=CCCCCCNC(C)CSC. The summed E-state index contributed by atoms with van der Waals surface area (Å²) in [6.07, 6.45) is 9.24. The first-order valence-electron chi connectivity index (χ1n) is 5.14. The van der Waals surface area contributed by atoms with Crippen LogP contribution in [0.5, 0.6) is 0 Å². The van der Waals surface area contributed by atoms with Crippen molar-refractivity contribution in [3.05, 3.63) is 12.7 Å². The van der Waals surface area contributed by atoms with Gasteiger partial charge in [-0.05, 0) is 39.0 Å². The second-order valence-corrected chi connectivity index (χ2v) is 4.36. The smallest absolute Gasteiger partial charge is 0.0129 e. The summed E-state index contributed by atoms with van der Waals surface area (Å²) >= 11 is 1.91. The van der Waals surface area contributed by atoms with Gasteiger partial charge < -0.3 is 5.32 Å². The van der Waals surface area contributed by atoms with Gasteiger partial charge in [0.15, 0.2) is 0 Å². The fourth-order valence-electron chi connectivity index (χ4n) is 1.25. The molecule has 0 heterocycles. The van der Waals surface area contributed by atoms with Gasteiger partial charge in [0, 0.05) is 11.8 Å². The topological polar surface area (TPSA) is 12.0 Å². The van der Waals surface area contributed by atoms with Crippen molar-refractivity contribution in [3.63, 3.8) is 0 Å². The van der Waals surface area contributed by atoms with Crippen LogP contribution >= 0.6 is 11.8 Å². The summed E-state index contributed by atoms with van der Waals surface area (Å²) in [5.41, 5.74) is 0. The first-order valence-corrected chi connectivity index (χ1v) is 6.54. The van der Waals surface area contributed by atoms with Gasteiger partial charge >= 0.3 is 0 Å². The Labute approximate surface area is 87.4 Å². The Kier molecular flexibility index (Phi) is 10.2. The monoisotopic (exact) mass is 201 g/mol. The maximum atomic E-state index is 3.71. The van der Waals surface area contributed by atoms with Crippen LogP contribution in [0.3, 0.4) is 0 Å². The van der Waals surface area contributed by atoms with Gasteiger partial charge in [0.1, 0.15) is 0 Å². The lowest BCUT2D eigenvalue weighted by Crippen LogP contribution is -2.28. The molecule has 1 nitrogen and oxygen atoms in total. The first-order chi connectivity index (χ1) is 6.31. The van der Waals surface area contributed by atoms with E-state index >= 15 is 0 Å². The van der Waals surface area contributed by atoms with Crippen molar-refractivity contribution in [2.75, 3.05) is 18.6 Å². The average Bonchev–Trinajstić information content (AvgIpc) is 2.11. The second kappa shape index (κ2) is 10.1. The first kappa shape index (κ1) is 13.1. The lowest BCUT2D eigenvalue weighted by Gasteiger charge is -2.11. The minimum Gasteiger partial charge on any atom is -0.313 e. The van der Waals surface area contributed by atoms with Gasteiger partial charge in [-0.2, -0.15) is 11.8 Å². The largest absolute Gasteiger partial charge is 0.313 e. The molecule has 1 atom stereocenters. The molecule has 2 heteroatoms. The van der Waals surface area contributed by atoms with Crippen LogP contribution in [0.4, 0.5) is 0 Å². The molecule has 0 aromatic heterocycles. The molecule has 13 heavy (non-hydrogen) atoms. The van der Waals surface area contributed by atoms with Crippen LogP contribution in [0, 0.1) is 0 Å². The minimum absolute atomic E-state index is 0.661. The Morgan fingerprint density at radius 1 is 1.38 bits per heavy atom. The third-order valence-corrected chi connectivity index (χ3v) is 2.83. The summed E-state index contributed by atoms with van der Waals surface area (Å²) in [4.78, 5) is 0. The van der Waals surface area contributed by atoms with E-state index in [1.165, 1.54) is 38.0 Å². The molecule has 0 radical (unpaired) electrons. The molecular weight excluding hydrogens is 178 g/mol. The van der Waals surface area contributed by atoms with Gasteiger partial charge in [0.2, 0.25) is 0 Å². The number of rotatable bonds is 9. The van der Waals surface area contributed by atoms with Crippen molar-refractivity contribution in [2.24, 2.45) is 0 Å². The minimum atomic E-state index is 0.661. The lowest BCUT2D eigenvalue weighted by atomic mass is 10.2. The Balaban J connectivity index is 3.01. The zero-order valence-electron chi connectivity index (χ0n) is 9.01. The summed E-state index contributed by atoms with van der Waals surface area (Å²) in [5, 5.41) is 3.51. The molecule has 0 saturated carbocycles. The van der Waals surface area contributed by atoms with Crippen molar-refractivity contribution in [2.45, 2.75) is 38.6 Å². The Morgan fingerprint density at radius 3 is 2.77 bits per heavy atom. The summed E-state index contributed by atoms with van der Waals surface area (Å²) in [6, 6.07) is 0.661. The van der Waals surface area contributed by atoms with Crippen LogP contribution < -0.4 is 5.32 Å². The number of hydrogen-bond donors (Lipinski definition) is 1. The highest BCUT2D eigenvalue weighted by Crippen LogP contribution is 2.00. The number of unbranched alkanes of at least 4 members (excludes halogenated alkanes) is 3. The summed E-state index contributed by atoms with van der Waals surface area (Å²) in [6.45, 7) is 7.13. The predicted molar refractivity (Wildman–Crippen MR) is 64.5 cm³/mol.